The zero-order valence-electron chi connectivity index (χ0n) is 10.5. The first-order valence-electron chi connectivity index (χ1n) is 5.78. The van der Waals surface area contributed by atoms with Crippen LogP contribution in [0.1, 0.15) is 26.7 Å². The van der Waals surface area contributed by atoms with Crippen LogP contribution in [0.4, 0.5) is 0 Å². The quantitative estimate of drug-likeness (QED) is 0.669. The summed E-state index contributed by atoms with van der Waals surface area (Å²) in [5.41, 5.74) is -1.19. The van der Waals surface area contributed by atoms with Crippen molar-refractivity contribution in [2.75, 3.05) is 11.5 Å². The third-order valence-electron chi connectivity index (χ3n) is 2.93. The predicted molar refractivity (Wildman–Crippen MR) is 68.3 cm³/mol. The highest BCUT2D eigenvalue weighted by molar-refractivity contribution is 7.99. The van der Waals surface area contributed by atoms with Crippen molar-refractivity contribution < 1.29 is 19.5 Å². The molecule has 1 atom stereocenters. The molecule has 0 aliphatic carbocycles. The fraction of sp³-hybridized carbons (Fsp3) is 0.727. The van der Waals surface area contributed by atoms with Gasteiger partial charge >= 0.3 is 5.97 Å². The van der Waals surface area contributed by atoms with E-state index in [2.05, 4.69) is 10.6 Å². The Labute approximate surface area is 110 Å². The summed E-state index contributed by atoms with van der Waals surface area (Å²) in [5.74, 6) is -0.366. The number of amides is 2. The summed E-state index contributed by atoms with van der Waals surface area (Å²) in [4.78, 5) is 34.1. The average molecular weight is 274 g/mol. The molecule has 1 saturated heterocycles. The monoisotopic (exact) mass is 274 g/mol. The molecule has 0 spiro atoms. The van der Waals surface area contributed by atoms with E-state index in [1.807, 2.05) is 0 Å². The van der Waals surface area contributed by atoms with Gasteiger partial charge in [-0.2, -0.15) is 11.8 Å². The van der Waals surface area contributed by atoms with Crippen LogP contribution in [-0.4, -0.2) is 46.0 Å². The van der Waals surface area contributed by atoms with Gasteiger partial charge in [-0.3, -0.25) is 9.59 Å². The molecule has 7 heteroatoms. The van der Waals surface area contributed by atoms with Crippen LogP contribution in [-0.2, 0) is 14.4 Å². The lowest BCUT2D eigenvalue weighted by Crippen LogP contribution is -2.60. The van der Waals surface area contributed by atoms with Crippen LogP contribution in [0.15, 0.2) is 0 Å². The van der Waals surface area contributed by atoms with Crippen molar-refractivity contribution in [3.05, 3.63) is 0 Å². The zero-order chi connectivity index (χ0) is 13.8. The van der Waals surface area contributed by atoms with Crippen molar-refractivity contribution in [2.24, 2.45) is 0 Å². The van der Waals surface area contributed by atoms with Gasteiger partial charge in [-0.1, -0.05) is 0 Å². The fourth-order valence-corrected chi connectivity index (χ4v) is 3.02. The van der Waals surface area contributed by atoms with Gasteiger partial charge in [-0.25, -0.2) is 4.79 Å². The van der Waals surface area contributed by atoms with Crippen LogP contribution in [0.3, 0.4) is 0 Å². The van der Waals surface area contributed by atoms with Crippen LogP contribution in [0.25, 0.3) is 0 Å². The largest absolute Gasteiger partial charge is 0.480 e. The van der Waals surface area contributed by atoms with Gasteiger partial charge in [0.25, 0.3) is 0 Å². The molecule has 18 heavy (non-hydrogen) atoms. The molecule has 3 N–H and O–H groups in total. The van der Waals surface area contributed by atoms with Crippen molar-refractivity contribution in [2.45, 2.75) is 38.3 Å². The Balaban J connectivity index is 2.69. The molecular formula is C11H18N2O4S. The van der Waals surface area contributed by atoms with Gasteiger partial charge in [0, 0.05) is 6.92 Å². The Bertz CT molecular complexity index is 353. The zero-order valence-corrected chi connectivity index (χ0v) is 11.3. The summed E-state index contributed by atoms with van der Waals surface area (Å²) in [6, 6.07) is -0.728. The molecule has 0 aromatic carbocycles. The highest BCUT2D eigenvalue weighted by atomic mass is 32.2. The van der Waals surface area contributed by atoms with Gasteiger partial charge in [0.05, 0.1) is 0 Å². The SMILES string of the molecule is CC(=O)NC(C)C(=O)NC1(C(=O)O)CCSCC1. The third-order valence-corrected chi connectivity index (χ3v) is 3.92. The standard InChI is InChI=1S/C11H18N2O4S/c1-7(12-8(2)14)9(15)13-11(10(16)17)3-5-18-6-4-11/h7H,3-6H2,1-2H3,(H,12,14)(H,13,15)(H,16,17). The molecule has 0 aromatic rings. The second-order valence-electron chi connectivity index (χ2n) is 4.41. The minimum atomic E-state index is -1.19. The summed E-state index contributed by atoms with van der Waals surface area (Å²) in [7, 11) is 0. The lowest BCUT2D eigenvalue weighted by atomic mass is 9.92. The van der Waals surface area contributed by atoms with Crippen molar-refractivity contribution in [1.29, 1.82) is 0 Å². The number of hydrogen-bond acceptors (Lipinski definition) is 4. The summed E-state index contributed by atoms with van der Waals surface area (Å²) in [6.07, 6.45) is 0.817. The van der Waals surface area contributed by atoms with Crippen molar-refractivity contribution >= 4 is 29.5 Å². The molecule has 1 aliphatic heterocycles. The van der Waals surface area contributed by atoms with Gasteiger partial charge in [-0.05, 0) is 31.3 Å². The van der Waals surface area contributed by atoms with E-state index in [1.165, 1.54) is 13.8 Å². The fourth-order valence-electron chi connectivity index (χ4n) is 1.83. The lowest BCUT2D eigenvalue weighted by molar-refractivity contribution is -0.148. The maximum Gasteiger partial charge on any atom is 0.329 e. The molecule has 6 nitrogen and oxygen atoms in total. The maximum atomic E-state index is 11.9. The third kappa shape index (κ3) is 3.63. The van der Waals surface area contributed by atoms with Crippen LogP contribution in [0.2, 0.25) is 0 Å². The van der Waals surface area contributed by atoms with Crippen molar-refractivity contribution in [3.63, 3.8) is 0 Å². The number of carbonyl (C=O) groups is 3. The molecule has 0 aromatic heterocycles. The summed E-state index contributed by atoms with van der Waals surface area (Å²) < 4.78 is 0. The van der Waals surface area contributed by atoms with Gasteiger partial charge in [-0.15, -0.1) is 0 Å². The Morgan fingerprint density at radius 1 is 1.28 bits per heavy atom. The molecule has 1 aliphatic rings. The summed E-state index contributed by atoms with van der Waals surface area (Å²) >= 11 is 1.68. The minimum absolute atomic E-state index is 0.318. The number of rotatable bonds is 4. The Morgan fingerprint density at radius 2 is 1.83 bits per heavy atom. The van der Waals surface area contributed by atoms with E-state index in [-0.39, 0.29) is 5.91 Å². The molecule has 0 radical (unpaired) electrons. The first kappa shape index (κ1) is 14.8. The molecule has 1 rings (SSSR count). The van der Waals surface area contributed by atoms with E-state index in [0.29, 0.717) is 24.3 Å². The Kier molecular flexibility index (Phi) is 5.01. The minimum Gasteiger partial charge on any atom is -0.480 e. The highest BCUT2D eigenvalue weighted by Crippen LogP contribution is 2.27. The van der Waals surface area contributed by atoms with E-state index in [1.54, 1.807) is 11.8 Å². The van der Waals surface area contributed by atoms with Crippen molar-refractivity contribution in [3.8, 4) is 0 Å². The van der Waals surface area contributed by atoms with E-state index in [0.717, 1.165) is 0 Å². The number of hydrogen-bond donors (Lipinski definition) is 3. The molecule has 0 bridgehead atoms. The number of nitrogens with one attached hydrogen (secondary N) is 2. The van der Waals surface area contributed by atoms with Gasteiger partial charge in [0.1, 0.15) is 11.6 Å². The first-order valence-corrected chi connectivity index (χ1v) is 6.93. The van der Waals surface area contributed by atoms with Gasteiger partial charge in [0.15, 0.2) is 0 Å². The van der Waals surface area contributed by atoms with E-state index >= 15 is 0 Å². The Morgan fingerprint density at radius 3 is 2.28 bits per heavy atom. The normalized spacial score (nSPS) is 19.7. The predicted octanol–water partition coefficient (Wildman–Crippen LogP) is -0.0224. The van der Waals surface area contributed by atoms with Crippen LogP contribution in [0.5, 0.6) is 0 Å². The van der Waals surface area contributed by atoms with Crippen LogP contribution < -0.4 is 10.6 Å². The molecule has 1 unspecified atom stereocenters. The first-order chi connectivity index (χ1) is 8.37. The molecule has 0 saturated carbocycles. The number of carboxylic acids is 1. The topological polar surface area (TPSA) is 95.5 Å². The van der Waals surface area contributed by atoms with Gasteiger partial charge in [0.2, 0.25) is 11.8 Å². The van der Waals surface area contributed by atoms with Crippen LogP contribution in [0, 0.1) is 0 Å². The average Bonchev–Trinajstić information content (AvgIpc) is 2.29. The van der Waals surface area contributed by atoms with E-state index in [4.69, 9.17) is 0 Å². The molecule has 2 amide bonds. The second kappa shape index (κ2) is 6.08. The van der Waals surface area contributed by atoms with Crippen molar-refractivity contribution in [1.82, 2.24) is 10.6 Å². The highest BCUT2D eigenvalue weighted by Gasteiger charge is 2.41. The molecular weight excluding hydrogens is 256 g/mol. The summed E-state index contributed by atoms with van der Waals surface area (Å²) in [6.45, 7) is 2.85. The van der Waals surface area contributed by atoms with E-state index < -0.39 is 23.5 Å². The maximum absolute atomic E-state index is 11.9. The lowest BCUT2D eigenvalue weighted by Gasteiger charge is -2.34. The van der Waals surface area contributed by atoms with E-state index in [9.17, 15) is 19.5 Å². The molecule has 1 fully saturated rings. The number of carbonyl (C=O) groups excluding carboxylic acids is 2. The second-order valence-corrected chi connectivity index (χ2v) is 5.64. The molecule has 1 heterocycles. The molecule has 102 valence electrons. The van der Waals surface area contributed by atoms with Crippen LogP contribution >= 0.6 is 11.8 Å². The van der Waals surface area contributed by atoms with Gasteiger partial charge < -0.3 is 15.7 Å². The number of carboxylic acid groups (broad SMARTS) is 1. The summed E-state index contributed by atoms with van der Waals surface area (Å²) in [5, 5.41) is 14.3. The number of aliphatic carboxylic acids is 1. The smallest absolute Gasteiger partial charge is 0.329 e. The Hall–Kier alpha value is -1.24. The number of thioether (sulfide) groups is 1.